The number of aromatic hydroxyl groups is 1. The van der Waals surface area contributed by atoms with Gasteiger partial charge in [-0.25, -0.2) is 5.43 Å². The maximum atomic E-state index is 12.9. The zero-order valence-electron chi connectivity index (χ0n) is 19.4. The summed E-state index contributed by atoms with van der Waals surface area (Å²) in [4.78, 5) is 25.7. The molecule has 0 aliphatic heterocycles. The maximum absolute atomic E-state index is 12.9. The van der Waals surface area contributed by atoms with E-state index in [1.165, 1.54) is 33.6 Å². The van der Waals surface area contributed by atoms with E-state index in [9.17, 15) is 14.7 Å². The van der Waals surface area contributed by atoms with Crippen LogP contribution in [0.25, 0.3) is 6.08 Å². The van der Waals surface area contributed by atoms with Crippen molar-refractivity contribution >= 4 is 24.1 Å². The van der Waals surface area contributed by atoms with Crippen LogP contribution in [0.1, 0.15) is 21.5 Å². The Labute approximate surface area is 202 Å². The summed E-state index contributed by atoms with van der Waals surface area (Å²) < 4.78 is 15.6. The Morgan fingerprint density at radius 3 is 2.26 bits per heavy atom. The number of hydrazone groups is 1. The lowest BCUT2D eigenvalue weighted by Crippen LogP contribution is -2.32. The largest absolute Gasteiger partial charge is 0.504 e. The van der Waals surface area contributed by atoms with Crippen LogP contribution in [0.4, 0.5) is 0 Å². The Kier molecular flexibility index (Phi) is 8.44. The van der Waals surface area contributed by atoms with Crippen LogP contribution in [0.2, 0.25) is 0 Å². The third-order valence-electron chi connectivity index (χ3n) is 4.87. The number of ether oxygens (including phenoxy) is 3. The summed E-state index contributed by atoms with van der Waals surface area (Å²) in [6.45, 7) is 0. The van der Waals surface area contributed by atoms with Crippen molar-refractivity contribution in [1.29, 1.82) is 0 Å². The van der Waals surface area contributed by atoms with Crippen LogP contribution >= 0.6 is 0 Å². The first-order valence-electron chi connectivity index (χ1n) is 10.5. The van der Waals surface area contributed by atoms with E-state index in [1.54, 1.807) is 66.7 Å². The molecule has 0 atom stereocenters. The normalized spacial score (nSPS) is 11.1. The second kappa shape index (κ2) is 11.9. The first kappa shape index (κ1) is 24.8. The number of hydrogen-bond donors (Lipinski definition) is 3. The molecular weight excluding hydrogens is 450 g/mol. The highest BCUT2D eigenvalue weighted by molar-refractivity contribution is 6.05. The van der Waals surface area contributed by atoms with Crippen molar-refractivity contribution in [3.8, 4) is 23.0 Å². The Morgan fingerprint density at radius 2 is 1.57 bits per heavy atom. The van der Waals surface area contributed by atoms with E-state index in [0.717, 1.165) is 0 Å². The Bertz CT molecular complexity index is 1260. The Morgan fingerprint density at radius 1 is 0.857 bits per heavy atom. The van der Waals surface area contributed by atoms with Gasteiger partial charge in [-0.2, -0.15) is 5.10 Å². The molecule has 0 bridgehead atoms. The first-order valence-corrected chi connectivity index (χ1v) is 10.5. The van der Waals surface area contributed by atoms with E-state index in [4.69, 9.17) is 14.2 Å². The van der Waals surface area contributed by atoms with E-state index in [0.29, 0.717) is 28.2 Å². The molecule has 0 spiro atoms. The second-order valence-corrected chi connectivity index (χ2v) is 7.09. The molecule has 9 heteroatoms. The molecule has 2 amide bonds. The average molecular weight is 476 g/mol. The smallest absolute Gasteiger partial charge is 0.287 e. The summed E-state index contributed by atoms with van der Waals surface area (Å²) in [6.07, 6.45) is 2.75. The van der Waals surface area contributed by atoms with Crippen molar-refractivity contribution in [2.75, 3.05) is 21.3 Å². The first-order chi connectivity index (χ1) is 17.0. The van der Waals surface area contributed by atoms with Gasteiger partial charge in [0.1, 0.15) is 5.70 Å². The van der Waals surface area contributed by atoms with Crippen LogP contribution < -0.4 is 25.0 Å². The van der Waals surface area contributed by atoms with Gasteiger partial charge in [-0.1, -0.05) is 30.3 Å². The predicted octanol–water partition coefficient (Wildman–Crippen LogP) is 3.34. The number of nitrogens with one attached hydrogen (secondary N) is 2. The molecule has 0 saturated heterocycles. The SMILES string of the molecule is COc1ccc(/C=C(\NC(=O)c2ccccc2)C(=O)N/N=C/c2cccc(OC)c2O)cc1OC. The Hall–Kier alpha value is -4.79. The molecule has 180 valence electrons. The molecule has 3 rings (SSSR count). The second-order valence-electron chi connectivity index (χ2n) is 7.09. The lowest BCUT2D eigenvalue weighted by molar-refractivity contribution is -0.117. The van der Waals surface area contributed by atoms with Gasteiger partial charge in [0, 0.05) is 11.1 Å². The molecule has 0 aromatic heterocycles. The van der Waals surface area contributed by atoms with Crippen molar-refractivity contribution in [1.82, 2.24) is 10.7 Å². The zero-order valence-corrected chi connectivity index (χ0v) is 19.4. The summed E-state index contributed by atoms with van der Waals surface area (Å²) in [5.74, 6) is -0.0194. The van der Waals surface area contributed by atoms with E-state index >= 15 is 0 Å². The molecule has 0 radical (unpaired) electrons. The van der Waals surface area contributed by atoms with Crippen molar-refractivity contribution in [2.45, 2.75) is 0 Å². The van der Waals surface area contributed by atoms with E-state index < -0.39 is 11.8 Å². The number of methoxy groups -OCH3 is 3. The van der Waals surface area contributed by atoms with Crippen LogP contribution in [-0.4, -0.2) is 44.5 Å². The highest BCUT2D eigenvalue weighted by Gasteiger charge is 2.15. The van der Waals surface area contributed by atoms with Gasteiger partial charge in [-0.3, -0.25) is 9.59 Å². The molecule has 0 fully saturated rings. The fraction of sp³-hybridized carbons (Fsp3) is 0.115. The Balaban J connectivity index is 1.88. The fourth-order valence-corrected chi connectivity index (χ4v) is 3.08. The van der Waals surface area contributed by atoms with Crippen LogP contribution in [0.5, 0.6) is 23.0 Å². The topological polar surface area (TPSA) is 118 Å². The minimum atomic E-state index is -0.678. The van der Waals surface area contributed by atoms with Gasteiger partial charge in [0.15, 0.2) is 23.0 Å². The van der Waals surface area contributed by atoms with Gasteiger partial charge in [-0.05, 0) is 48.0 Å². The molecule has 35 heavy (non-hydrogen) atoms. The summed E-state index contributed by atoms with van der Waals surface area (Å²) in [5, 5.41) is 16.7. The number of carbonyl (C=O) groups is 2. The van der Waals surface area contributed by atoms with Gasteiger partial charge < -0.3 is 24.6 Å². The predicted molar refractivity (Wildman–Crippen MR) is 132 cm³/mol. The number of phenols is 1. The zero-order chi connectivity index (χ0) is 25.2. The maximum Gasteiger partial charge on any atom is 0.287 e. The van der Waals surface area contributed by atoms with E-state index in [-0.39, 0.29) is 17.2 Å². The molecule has 0 heterocycles. The highest BCUT2D eigenvalue weighted by Crippen LogP contribution is 2.29. The van der Waals surface area contributed by atoms with Gasteiger partial charge in [0.25, 0.3) is 11.8 Å². The molecule has 0 aliphatic carbocycles. The lowest BCUT2D eigenvalue weighted by Gasteiger charge is -2.11. The number of hydrogen-bond acceptors (Lipinski definition) is 7. The fourth-order valence-electron chi connectivity index (χ4n) is 3.08. The minimum Gasteiger partial charge on any atom is -0.504 e. The molecule has 9 nitrogen and oxygen atoms in total. The number of nitrogens with zero attached hydrogens (tertiary/aromatic N) is 1. The molecule has 3 aromatic rings. The van der Waals surface area contributed by atoms with Crippen molar-refractivity contribution < 1.29 is 28.9 Å². The van der Waals surface area contributed by atoms with Gasteiger partial charge in [0.2, 0.25) is 0 Å². The van der Waals surface area contributed by atoms with Crippen LogP contribution in [0.3, 0.4) is 0 Å². The standard InChI is InChI=1S/C26H25N3O6/c1-33-21-13-12-17(15-23(21)35-3)14-20(28-25(31)18-8-5-4-6-9-18)26(32)29-27-16-19-10-7-11-22(34-2)24(19)30/h4-16,30H,1-3H3,(H,28,31)(H,29,32)/b20-14-,27-16+. The number of carbonyl (C=O) groups excluding carboxylic acids is 2. The molecular formula is C26H25N3O6. The molecule has 0 unspecified atom stereocenters. The molecule has 3 aromatic carbocycles. The quantitative estimate of drug-likeness (QED) is 0.248. The summed E-state index contributed by atoms with van der Waals surface area (Å²) >= 11 is 0. The number of para-hydroxylation sites is 1. The van der Waals surface area contributed by atoms with Crippen molar-refractivity contribution in [2.24, 2.45) is 5.10 Å². The number of benzene rings is 3. The summed E-state index contributed by atoms with van der Waals surface area (Å²) in [7, 11) is 4.45. The third-order valence-corrected chi connectivity index (χ3v) is 4.87. The molecule has 0 saturated carbocycles. The average Bonchev–Trinajstić information content (AvgIpc) is 2.89. The van der Waals surface area contributed by atoms with Crippen LogP contribution in [0.15, 0.2) is 77.5 Å². The number of amides is 2. The lowest BCUT2D eigenvalue weighted by atomic mass is 10.1. The van der Waals surface area contributed by atoms with Gasteiger partial charge >= 0.3 is 0 Å². The van der Waals surface area contributed by atoms with Crippen molar-refractivity contribution in [3.63, 3.8) is 0 Å². The molecule has 0 aliphatic rings. The van der Waals surface area contributed by atoms with Crippen LogP contribution in [0, 0.1) is 0 Å². The summed E-state index contributed by atoms with van der Waals surface area (Å²) in [5.41, 5.74) is 3.60. The summed E-state index contributed by atoms with van der Waals surface area (Å²) in [6, 6.07) is 18.4. The van der Waals surface area contributed by atoms with Crippen molar-refractivity contribution in [3.05, 3.63) is 89.1 Å². The monoisotopic (exact) mass is 475 g/mol. The van der Waals surface area contributed by atoms with E-state index in [1.807, 2.05) is 0 Å². The highest BCUT2D eigenvalue weighted by atomic mass is 16.5. The van der Waals surface area contributed by atoms with E-state index in [2.05, 4.69) is 15.8 Å². The van der Waals surface area contributed by atoms with Crippen LogP contribution in [-0.2, 0) is 4.79 Å². The van der Waals surface area contributed by atoms with Gasteiger partial charge in [0.05, 0.1) is 27.5 Å². The molecule has 3 N–H and O–H groups in total. The number of phenolic OH excluding ortho intramolecular Hbond substituents is 1. The number of rotatable bonds is 9. The van der Waals surface area contributed by atoms with Gasteiger partial charge in [-0.15, -0.1) is 0 Å². The minimum absolute atomic E-state index is 0.0573. The third kappa shape index (κ3) is 6.38.